The minimum atomic E-state index is -0.495. The van der Waals surface area contributed by atoms with Gasteiger partial charge in [0.25, 0.3) is 0 Å². The van der Waals surface area contributed by atoms with E-state index in [9.17, 15) is 14.4 Å². The van der Waals surface area contributed by atoms with Crippen molar-refractivity contribution in [2.45, 2.75) is 27.7 Å². The average Bonchev–Trinajstić information content (AvgIpc) is 2.65. The van der Waals surface area contributed by atoms with Crippen LogP contribution in [0.4, 0.5) is 11.4 Å². The quantitative estimate of drug-likeness (QED) is 0.651. The molecule has 0 spiro atoms. The lowest BCUT2D eigenvalue weighted by atomic mass is 10.1. The van der Waals surface area contributed by atoms with Crippen LogP contribution >= 0.6 is 0 Å². The van der Waals surface area contributed by atoms with E-state index < -0.39 is 5.97 Å². The number of para-hydroxylation sites is 1. The number of nitrogens with zero attached hydrogens (tertiary/aromatic N) is 1. The van der Waals surface area contributed by atoms with Gasteiger partial charge in [0.15, 0.2) is 0 Å². The maximum atomic E-state index is 12.4. The van der Waals surface area contributed by atoms with Gasteiger partial charge in [-0.25, -0.2) is 4.79 Å². The molecule has 0 aromatic heterocycles. The lowest BCUT2D eigenvalue weighted by Crippen LogP contribution is -2.36. The Kier molecular flexibility index (Phi) is 8.12. The summed E-state index contributed by atoms with van der Waals surface area (Å²) in [7, 11) is 1.69. The van der Waals surface area contributed by atoms with Crippen LogP contribution in [0.1, 0.15) is 34.0 Å². The molecule has 0 bridgehead atoms. The molecule has 0 unspecified atom stereocenters. The number of carbonyl (C=O) groups is 3. The zero-order valence-corrected chi connectivity index (χ0v) is 18.2. The first-order valence-corrected chi connectivity index (χ1v) is 9.83. The van der Waals surface area contributed by atoms with E-state index >= 15 is 0 Å². The molecule has 0 atom stereocenters. The highest BCUT2D eigenvalue weighted by Gasteiger charge is 2.16. The summed E-state index contributed by atoms with van der Waals surface area (Å²) in [5, 5.41) is 5.64. The number of aryl methyl sites for hydroxylation is 3. The van der Waals surface area contributed by atoms with Gasteiger partial charge in [-0.1, -0.05) is 29.8 Å². The molecule has 0 aliphatic heterocycles. The fourth-order valence-electron chi connectivity index (χ4n) is 3.27. The molecule has 0 saturated carbocycles. The Hall–Kier alpha value is -3.19. The van der Waals surface area contributed by atoms with Crippen molar-refractivity contribution in [3.8, 4) is 0 Å². The molecule has 2 amide bonds. The predicted molar refractivity (Wildman–Crippen MR) is 118 cm³/mol. The third kappa shape index (κ3) is 6.42. The highest BCUT2D eigenvalue weighted by Crippen LogP contribution is 2.22. The topological polar surface area (TPSA) is 87.7 Å². The van der Waals surface area contributed by atoms with Crippen molar-refractivity contribution < 1.29 is 19.1 Å². The van der Waals surface area contributed by atoms with Crippen molar-refractivity contribution in [2.75, 3.05) is 37.4 Å². The Labute approximate surface area is 177 Å². The molecule has 160 valence electrons. The van der Waals surface area contributed by atoms with Crippen LogP contribution in [-0.4, -0.2) is 49.4 Å². The van der Waals surface area contributed by atoms with E-state index in [1.54, 1.807) is 43.1 Å². The lowest BCUT2D eigenvalue weighted by Gasteiger charge is -2.18. The van der Waals surface area contributed by atoms with E-state index in [0.717, 1.165) is 22.4 Å². The SMILES string of the molecule is CCOC(=O)c1ccccc1NC(=O)CN(C)CC(=O)Nc1c(C)cc(C)cc1C. The molecular weight excluding hydrogens is 382 g/mol. The van der Waals surface area contributed by atoms with Gasteiger partial charge in [-0.2, -0.15) is 0 Å². The molecule has 0 aliphatic rings. The zero-order chi connectivity index (χ0) is 22.3. The lowest BCUT2D eigenvalue weighted by molar-refractivity contribution is -0.119. The molecule has 7 heteroatoms. The first-order chi connectivity index (χ1) is 14.2. The summed E-state index contributed by atoms with van der Waals surface area (Å²) in [5.41, 5.74) is 4.60. The van der Waals surface area contributed by atoms with Crippen LogP contribution in [0.25, 0.3) is 0 Å². The summed E-state index contributed by atoms with van der Waals surface area (Å²) in [6, 6.07) is 10.7. The van der Waals surface area contributed by atoms with Gasteiger partial charge < -0.3 is 15.4 Å². The minimum absolute atomic E-state index is 0.00353. The van der Waals surface area contributed by atoms with Gasteiger partial charge in [-0.05, 0) is 58.0 Å². The van der Waals surface area contributed by atoms with Crippen molar-refractivity contribution >= 4 is 29.2 Å². The van der Waals surface area contributed by atoms with Gasteiger partial charge in [0, 0.05) is 5.69 Å². The molecule has 7 nitrogen and oxygen atoms in total. The standard InChI is InChI=1S/C23H29N3O4/c1-6-30-23(29)18-9-7-8-10-19(18)24-20(27)13-26(5)14-21(28)25-22-16(3)11-15(2)12-17(22)4/h7-12H,6,13-14H2,1-5H3,(H,24,27)(H,25,28). The molecule has 2 rings (SSSR count). The second kappa shape index (κ2) is 10.5. The zero-order valence-electron chi connectivity index (χ0n) is 18.2. The van der Waals surface area contributed by atoms with Crippen molar-refractivity contribution in [1.82, 2.24) is 4.90 Å². The maximum Gasteiger partial charge on any atom is 0.340 e. The monoisotopic (exact) mass is 411 g/mol. The molecule has 2 N–H and O–H groups in total. The van der Waals surface area contributed by atoms with E-state index in [0.29, 0.717) is 11.3 Å². The van der Waals surface area contributed by atoms with Crippen LogP contribution in [0.15, 0.2) is 36.4 Å². The fraction of sp³-hybridized carbons (Fsp3) is 0.348. The van der Waals surface area contributed by atoms with Crippen LogP contribution in [0, 0.1) is 20.8 Å². The van der Waals surface area contributed by atoms with E-state index in [4.69, 9.17) is 4.74 Å². The molecule has 0 heterocycles. The smallest absolute Gasteiger partial charge is 0.340 e. The van der Waals surface area contributed by atoms with Crippen molar-refractivity contribution in [3.63, 3.8) is 0 Å². The van der Waals surface area contributed by atoms with Crippen LogP contribution in [-0.2, 0) is 14.3 Å². The summed E-state index contributed by atoms with van der Waals surface area (Å²) in [6.45, 7) is 7.94. The molecular formula is C23H29N3O4. The summed E-state index contributed by atoms with van der Waals surface area (Å²) in [5.74, 6) is -1.03. The number of esters is 1. The second-order valence-electron chi connectivity index (χ2n) is 7.31. The summed E-state index contributed by atoms with van der Waals surface area (Å²) in [6.07, 6.45) is 0. The highest BCUT2D eigenvalue weighted by molar-refractivity contribution is 6.02. The number of benzene rings is 2. The fourth-order valence-corrected chi connectivity index (χ4v) is 3.27. The van der Waals surface area contributed by atoms with Gasteiger partial charge >= 0.3 is 5.97 Å². The molecule has 0 radical (unpaired) electrons. The van der Waals surface area contributed by atoms with Gasteiger partial charge in [0.2, 0.25) is 11.8 Å². The van der Waals surface area contributed by atoms with Crippen LogP contribution in [0.2, 0.25) is 0 Å². The largest absolute Gasteiger partial charge is 0.462 e. The molecule has 2 aromatic rings. The summed E-state index contributed by atoms with van der Waals surface area (Å²) < 4.78 is 5.01. The van der Waals surface area contributed by atoms with E-state index in [1.165, 1.54) is 0 Å². The molecule has 30 heavy (non-hydrogen) atoms. The van der Waals surface area contributed by atoms with Gasteiger partial charge in [-0.3, -0.25) is 14.5 Å². The molecule has 0 fully saturated rings. The number of hydrogen-bond donors (Lipinski definition) is 2. The Morgan fingerprint density at radius 1 is 0.933 bits per heavy atom. The minimum Gasteiger partial charge on any atom is -0.462 e. The van der Waals surface area contributed by atoms with E-state index in [-0.39, 0.29) is 31.5 Å². The highest BCUT2D eigenvalue weighted by atomic mass is 16.5. The van der Waals surface area contributed by atoms with Crippen molar-refractivity contribution in [3.05, 3.63) is 58.7 Å². The van der Waals surface area contributed by atoms with Gasteiger partial charge in [0.05, 0.1) is 30.9 Å². The number of anilines is 2. The average molecular weight is 412 g/mol. The first-order valence-electron chi connectivity index (χ1n) is 9.83. The Bertz CT molecular complexity index is 917. The number of carbonyl (C=O) groups excluding carboxylic acids is 3. The number of likely N-dealkylation sites (N-methyl/N-ethyl adjacent to an activating group) is 1. The van der Waals surface area contributed by atoms with Gasteiger partial charge in [-0.15, -0.1) is 0 Å². The van der Waals surface area contributed by atoms with E-state index in [2.05, 4.69) is 10.6 Å². The summed E-state index contributed by atoms with van der Waals surface area (Å²) >= 11 is 0. The van der Waals surface area contributed by atoms with Crippen LogP contribution in [0.5, 0.6) is 0 Å². The molecule has 2 aromatic carbocycles. The molecule has 0 aliphatic carbocycles. The molecule has 0 saturated heterocycles. The number of hydrogen-bond acceptors (Lipinski definition) is 5. The normalized spacial score (nSPS) is 10.6. The summed E-state index contributed by atoms with van der Waals surface area (Å²) in [4.78, 5) is 38.5. The number of amides is 2. The Morgan fingerprint density at radius 2 is 1.50 bits per heavy atom. The van der Waals surface area contributed by atoms with E-state index in [1.807, 2.05) is 32.9 Å². The van der Waals surface area contributed by atoms with Crippen LogP contribution in [0.3, 0.4) is 0 Å². The third-order valence-electron chi connectivity index (χ3n) is 4.46. The van der Waals surface area contributed by atoms with Crippen molar-refractivity contribution in [1.29, 1.82) is 0 Å². The third-order valence-corrected chi connectivity index (χ3v) is 4.46. The number of ether oxygens (including phenoxy) is 1. The Morgan fingerprint density at radius 3 is 2.10 bits per heavy atom. The van der Waals surface area contributed by atoms with Crippen molar-refractivity contribution in [2.24, 2.45) is 0 Å². The number of rotatable bonds is 8. The number of nitrogens with one attached hydrogen (secondary N) is 2. The Balaban J connectivity index is 1.94. The second-order valence-corrected chi connectivity index (χ2v) is 7.31. The van der Waals surface area contributed by atoms with Gasteiger partial charge in [0.1, 0.15) is 0 Å². The first kappa shape index (κ1) is 23.1. The van der Waals surface area contributed by atoms with Crippen LogP contribution < -0.4 is 10.6 Å². The maximum absolute atomic E-state index is 12.4. The predicted octanol–water partition coefficient (Wildman–Crippen LogP) is 3.30.